The minimum Gasteiger partial charge on any atom is -0.382 e. The van der Waals surface area contributed by atoms with E-state index >= 15 is 0 Å². The molecule has 130 valence electrons. The molecule has 4 rings (SSSR count). The van der Waals surface area contributed by atoms with Crippen molar-refractivity contribution in [2.24, 2.45) is 17.8 Å². The van der Waals surface area contributed by atoms with Gasteiger partial charge in [-0.1, -0.05) is 0 Å². The average Bonchev–Trinajstić information content (AvgIpc) is 3.23. The Kier molecular flexibility index (Phi) is 4.50. The van der Waals surface area contributed by atoms with Gasteiger partial charge in [0, 0.05) is 24.2 Å². The van der Waals surface area contributed by atoms with E-state index in [4.69, 9.17) is 10.7 Å². The molecule has 0 radical (unpaired) electrons. The summed E-state index contributed by atoms with van der Waals surface area (Å²) in [5.41, 5.74) is 8.19. The molecule has 1 fully saturated rings. The van der Waals surface area contributed by atoms with Crippen LogP contribution in [0, 0.1) is 0 Å². The van der Waals surface area contributed by atoms with E-state index in [0.29, 0.717) is 5.84 Å². The van der Waals surface area contributed by atoms with Crippen LogP contribution in [0.25, 0.3) is 10.9 Å². The Bertz CT molecular complexity index is 903. The molecule has 6 nitrogen and oxygen atoms in total. The fourth-order valence-electron chi connectivity index (χ4n) is 3.24. The summed E-state index contributed by atoms with van der Waals surface area (Å²) in [5.74, 6) is 0.556. The van der Waals surface area contributed by atoms with Crippen LogP contribution in [0.5, 0.6) is 0 Å². The number of nitrogens with zero attached hydrogens (tertiary/aromatic N) is 4. The van der Waals surface area contributed by atoms with Crippen LogP contribution in [0.3, 0.4) is 0 Å². The number of hydrogen-bond donors (Lipinski definition) is 2. The van der Waals surface area contributed by atoms with E-state index in [0.717, 1.165) is 43.2 Å². The predicted octanol–water partition coefficient (Wildman–Crippen LogP) is 1.43. The van der Waals surface area contributed by atoms with Gasteiger partial charge in [0.1, 0.15) is 23.6 Å². The number of aromatic nitrogens is 3. The van der Waals surface area contributed by atoms with Crippen molar-refractivity contribution in [2.75, 3.05) is 13.1 Å². The number of aliphatic imine (C=N–C) groups is 1. The number of nitrogens with one attached hydrogen (secondary N) is 1. The monoisotopic (exact) mass is 355 g/mol. The maximum atomic E-state index is 6.18. The smallest absolute Gasteiger partial charge is 0.177 e. The van der Waals surface area contributed by atoms with Crippen LogP contribution in [0.1, 0.15) is 23.5 Å². The second-order valence-corrected chi connectivity index (χ2v) is 7.48. The minimum absolute atomic E-state index is 0.271. The first-order valence-electron chi connectivity index (χ1n) is 8.62. The number of nitrogens with two attached hydrogens (primary N) is 1. The van der Waals surface area contributed by atoms with Gasteiger partial charge in [-0.25, -0.2) is 9.55 Å². The third-order valence-corrected chi connectivity index (χ3v) is 5.40. The zero-order valence-electron chi connectivity index (χ0n) is 14.4. The third kappa shape index (κ3) is 3.57. The maximum absolute atomic E-state index is 6.18. The summed E-state index contributed by atoms with van der Waals surface area (Å²) < 4.78 is 4.28. The van der Waals surface area contributed by atoms with Gasteiger partial charge in [-0.05, 0) is 25.5 Å². The molecule has 0 spiro atoms. The Morgan fingerprint density at radius 2 is 2.44 bits per heavy atom. The Morgan fingerprint density at radius 3 is 3.28 bits per heavy atom. The zero-order valence-corrected chi connectivity index (χ0v) is 15.2. The van der Waals surface area contributed by atoms with Crippen molar-refractivity contribution in [3.05, 3.63) is 46.8 Å². The summed E-state index contributed by atoms with van der Waals surface area (Å²) in [4.78, 5) is 9.33. The third-order valence-electron chi connectivity index (χ3n) is 4.56. The summed E-state index contributed by atoms with van der Waals surface area (Å²) in [7, 11) is 2.04. The molecule has 0 amide bonds. The number of pyridine rings is 1. The highest BCUT2D eigenvalue weighted by Gasteiger charge is 2.14. The van der Waals surface area contributed by atoms with Crippen molar-refractivity contribution in [1.29, 1.82) is 0 Å². The number of amidine groups is 1. The lowest BCUT2D eigenvalue weighted by atomic mass is 10.1. The maximum Gasteiger partial charge on any atom is 0.177 e. The molecule has 3 aromatic rings. The van der Waals surface area contributed by atoms with Crippen LogP contribution in [0.15, 0.2) is 41.1 Å². The quantitative estimate of drug-likeness (QED) is 0.422. The normalized spacial score (nSPS) is 18.8. The van der Waals surface area contributed by atoms with Gasteiger partial charge in [0.15, 0.2) is 12.4 Å². The van der Waals surface area contributed by atoms with Crippen molar-refractivity contribution in [2.45, 2.75) is 25.4 Å². The Morgan fingerprint density at radius 1 is 1.52 bits per heavy atom. The van der Waals surface area contributed by atoms with Crippen molar-refractivity contribution in [3.63, 3.8) is 0 Å². The molecule has 3 aromatic heterocycles. The van der Waals surface area contributed by atoms with Gasteiger partial charge in [0.05, 0.1) is 23.5 Å². The minimum atomic E-state index is 0.271. The molecule has 1 aliphatic heterocycles. The van der Waals surface area contributed by atoms with Crippen LogP contribution in [-0.4, -0.2) is 34.5 Å². The highest BCUT2D eigenvalue weighted by Crippen LogP contribution is 2.18. The van der Waals surface area contributed by atoms with E-state index in [1.54, 1.807) is 11.3 Å². The first kappa shape index (κ1) is 16.2. The molecule has 0 aromatic carbocycles. The van der Waals surface area contributed by atoms with Crippen molar-refractivity contribution in [1.82, 2.24) is 14.9 Å². The molecule has 3 N–H and O–H groups in total. The van der Waals surface area contributed by atoms with Crippen LogP contribution in [-0.2, 0) is 13.6 Å². The Balaban J connectivity index is 1.51. The van der Waals surface area contributed by atoms with E-state index in [1.165, 1.54) is 10.9 Å². The molecule has 4 heterocycles. The lowest BCUT2D eigenvalue weighted by Gasteiger charge is -2.19. The van der Waals surface area contributed by atoms with E-state index in [1.807, 2.05) is 12.4 Å². The average molecular weight is 355 g/mol. The van der Waals surface area contributed by atoms with Crippen LogP contribution in [0.4, 0.5) is 0 Å². The molecule has 1 saturated heterocycles. The summed E-state index contributed by atoms with van der Waals surface area (Å²) >= 11 is 1.64. The number of aryl methyl sites for hydroxylation is 1. The van der Waals surface area contributed by atoms with E-state index < -0.39 is 0 Å². The molecule has 1 unspecified atom stereocenters. The molecular formula is C18H23N6S+. The lowest BCUT2D eigenvalue weighted by molar-refractivity contribution is -0.670. The van der Waals surface area contributed by atoms with Crippen molar-refractivity contribution >= 4 is 28.1 Å². The van der Waals surface area contributed by atoms with Gasteiger partial charge < -0.3 is 15.6 Å². The van der Waals surface area contributed by atoms with Crippen LogP contribution < -0.4 is 15.6 Å². The standard InChI is InChI=1S/C18H23N6S/c1-23-7-5-16-13(10-23)4-8-24(16)11-17-22-15(12-25-17)18(19)21-14-3-2-6-20-9-14/h4-5,7-8,10,12,14,20H,2-3,6,9,11H2,1H3,(H2,19,21)/q+1. The number of fused-ring (bicyclic) bond motifs is 1. The molecule has 7 heteroatoms. The highest BCUT2D eigenvalue weighted by atomic mass is 32.1. The SMILES string of the molecule is C[n+]1ccc2c(ccn2Cc2nc(C(N)=NC3CCCNC3)cs2)c1. The number of piperidine rings is 1. The number of thiazole rings is 1. The zero-order chi connectivity index (χ0) is 17.2. The molecule has 1 atom stereocenters. The molecule has 25 heavy (non-hydrogen) atoms. The predicted molar refractivity (Wildman–Crippen MR) is 101 cm³/mol. The molecule has 0 aliphatic carbocycles. The fraction of sp³-hybridized carbons (Fsp3) is 0.389. The second kappa shape index (κ2) is 6.93. The summed E-state index contributed by atoms with van der Waals surface area (Å²) in [6, 6.07) is 4.54. The molecule has 1 aliphatic rings. The van der Waals surface area contributed by atoms with E-state index in [2.05, 4.69) is 50.2 Å². The van der Waals surface area contributed by atoms with Crippen LogP contribution >= 0.6 is 11.3 Å². The molecule has 0 bridgehead atoms. The van der Waals surface area contributed by atoms with Gasteiger partial charge in [0.2, 0.25) is 0 Å². The van der Waals surface area contributed by atoms with Gasteiger partial charge in [0.25, 0.3) is 0 Å². The van der Waals surface area contributed by atoms with E-state index in [9.17, 15) is 0 Å². The van der Waals surface area contributed by atoms with Gasteiger partial charge in [-0.3, -0.25) is 4.99 Å². The Hall–Kier alpha value is -2.25. The number of hydrogen-bond acceptors (Lipinski definition) is 4. The fourth-order valence-corrected chi connectivity index (χ4v) is 4.03. The first-order chi connectivity index (χ1) is 12.2. The van der Waals surface area contributed by atoms with Gasteiger partial charge in [-0.15, -0.1) is 11.3 Å². The van der Waals surface area contributed by atoms with Gasteiger partial charge >= 0.3 is 0 Å². The molecular weight excluding hydrogens is 332 g/mol. The van der Waals surface area contributed by atoms with Crippen molar-refractivity contribution < 1.29 is 4.57 Å². The highest BCUT2D eigenvalue weighted by molar-refractivity contribution is 7.09. The topological polar surface area (TPSA) is 72.1 Å². The van der Waals surface area contributed by atoms with Gasteiger partial charge in [-0.2, -0.15) is 0 Å². The second-order valence-electron chi connectivity index (χ2n) is 6.54. The summed E-state index contributed by atoms with van der Waals surface area (Å²) in [5, 5.41) is 7.64. The summed E-state index contributed by atoms with van der Waals surface area (Å²) in [6.07, 6.45) is 8.55. The number of rotatable bonds is 4. The summed E-state index contributed by atoms with van der Waals surface area (Å²) in [6.45, 7) is 2.74. The molecule has 0 saturated carbocycles. The van der Waals surface area contributed by atoms with Crippen molar-refractivity contribution in [3.8, 4) is 0 Å². The Labute approximate surface area is 151 Å². The lowest BCUT2D eigenvalue weighted by Crippen LogP contribution is -2.34. The first-order valence-corrected chi connectivity index (χ1v) is 9.50. The van der Waals surface area contributed by atoms with E-state index in [-0.39, 0.29) is 6.04 Å². The van der Waals surface area contributed by atoms with Crippen LogP contribution in [0.2, 0.25) is 0 Å². The largest absolute Gasteiger partial charge is 0.382 e.